The van der Waals surface area contributed by atoms with Crippen LogP contribution >= 0.6 is 0 Å². The highest BCUT2D eigenvalue weighted by atomic mass is 15.3. The molecule has 1 heterocycles. The van der Waals surface area contributed by atoms with Crippen molar-refractivity contribution in [3.63, 3.8) is 0 Å². The van der Waals surface area contributed by atoms with Gasteiger partial charge in [-0.25, -0.2) is 4.57 Å². The zero-order chi connectivity index (χ0) is 12.1. The van der Waals surface area contributed by atoms with Crippen LogP contribution in [-0.4, -0.2) is 17.0 Å². The van der Waals surface area contributed by atoms with Crippen LogP contribution in [0.25, 0.3) is 0 Å². The maximum Gasteiger partial charge on any atom is 0.328 e. The number of benzene rings is 1. The average Bonchev–Trinajstić information content (AvgIpc) is 2.39. The molecule has 2 N–H and O–H groups in total. The second-order valence-corrected chi connectivity index (χ2v) is 3.51. The van der Waals surface area contributed by atoms with Gasteiger partial charge in [-0.05, 0) is 19.1 Å². The van der Waals surface area contributed by atoms with Gasteiger partial charge in [0.05, 0.1) is 12.2 Å². The van der Waals surface area contributed by atoms with Crippen molar-refractivity contribution in [2.24, 2.45) is 0 Å². The summed E-state index contributed by atoms with van der Waals surface area (Å²) in [4.78, 5) is 8.43. The fraction of sp³-hybridized carbons (Fsp3) is 0.250. The van der Waals surface area contributed by atoms with Gasteiger partial charge in [-0.15, -0.1) is 9.97 Å². The van der Waals surface area contributed by atoms with Gasteiger partial charge in [0.1, 0.15) is 0 Å². The fourth-order valence-corrected chi connectivity index (χ4v) is 1.63. The normalized spacial score (nSPS) is 10.0. The summed E-state index contributed by atoms with van der Waals surface area (Å²) in [6.07, 6.45) is 1.54. The summed E-state index contributed by atoms with van der Waals surface area (Å²) in [7, 11) is 1.85. The molecule has 0 amide bonds. The standard InChI is InChI=1S/C12H15N5/c1-3-17-11(13-2)14-9-15-12(17)16-10-7-5-4-6-8-10/h4-9H,3H2,1-2H3,(H,13,14,15,16)/p+1. The molecule has 17 heavy (non-hydrogen) atoms. The minimum absolute atomic E-state index is 0.776. The third kappa shape index (κ3) is 2.50. The van der Waals surface area contributed by atoms with Crippen LogP contribution in [0.15, 0.2) is 36.7 Å². The Kier molecular flexibility index (Phi) is 3.49. The number of hydrogen-bond donors (Lipinski definition) is 2. The monoisotopic (exact) mass is 230 g/mol. The van der Waals surface area contributed by atoms with Gasteiger partial charge < -0.3 is 5.32 Å². The van der Waals surface area contributed by atoms with Gasteiger partial charge in [0.25, 0.3) is 0 Å². The highest BCUT2D eigenvalue weighted by Crippen LogP contribution is 2.10. The quantitative estimate of drug-likeness (QED) is 0.783. The zero-order valence-electron chi connectivity index (χ0n) is 10.0. The molecule has 2 rings (SSSR count). The molecule has 0 fully saturated rings. The molecule has 1 aromatic carbocycles. The largest absolute Gasteiger partial charge is 0.328 e. The summed E-state index contributed by atoms with van der Waals surface area (Å²) in [5, 5.41) is 6.31. The lowest BCUT2D eigenvalue weighted by Crippen LogP contribution is -2.40. The summed E-state index contributed by atoms with van der Waals surface area (Å²) in [6, 6.07) is 9.96. The predicted molar refractivity (Wildman–Crippen MR) is 67.2 cm³/mol. The number of para-hydroxylation sites is 1. The number of aromatic nitrogens is 3. The Bertz CT molecular complexity index is 484. The highest BCUT2D eigenvalue weighted by Gasteiger charge is 2.13. The lowest BCUT2D eigenvalue weighted by Gasteiger charge is -2.08. The molecule has 0 aliphatic heterocycles. The van der Waals surface area contributed by atoms with E-state index >= 15 is 0 Å². The summed E-state index contributed by atoms with van der Waals surface area (Å²) in [5.41, 5.74) is 1.01. The van der Waals surface area contributed by atoms with E-state index in [2.05, 4.69) is 27.5 Å². The number of nitrogens with one attached hydrogen (secondary N) is 2. The topological polar surface area (TPSA) is 53.7 Å². The SMILES string of the molecule is CC[n+]1c(NC)ncnc1Nc1ccccc1. The van der Waals surface area contributed by atoms with Gasteiger partial charge >= 0.3 is 11.9 Å². The summed E-state index contributed by atoms with van der Waals surface area (Å²) in [5.74, 6) is 1.57. The Balaban J connectivity index is 2.33. The van der Waals surface area contributed by atoms with Gasteiger partial charge in [0.15, 0.2) is 0 Å². The van der Waals surface area contributed by atoms with Crippen LogP contribution in [-0.2, 0) is 6.54 Å². The minimum atomic E-state index is 0.776. The van der Waals surface area contributed by atoms with Crippen LogP contribution in [0.1, 0.15) is 6.92 Å². The van der Waals surface area contributed by atoms with E-state index in [-0.39, 0.29) is 0 Å². The molecular formula is C12H16N5+. The smallest absolute Gasteiger partial charge is 0.309 e. The van der Waals surface area contributed by atoms with Gasteiger partial charge in [-0.2, -0.15) is 0 Å². The van der Waals surface area contributed by atoms with Crippen molar-refractivity contribution in [1.82, 2.24) is 9.97 Å². The first-order chi connectivity index (χ1) is 8.35. The molecule has 0 radical (unpaired) electrons. The van der Waals surface area contributed by atoms with Crippen LogP contribution in [0.4, 0.5) is 17.6 Å². The molecule has 2 aromatic rings. The Hall–Kier alpha value is -2.17. The van der Waals surface area contributed by atoms with Gasteiger partial charge in [-0.3, -0.25) is 5.32 Å². The number of nitrogens with zero attached hydrogens (tertiary/aromatic N) is 3. The summed E-state index contributed by atoms with van der Waals surface area (Å²) in [6.45, 7) is 2.85. The summed E-state index contributed by atoms with van der Waals surface area (Å²) >= 11 is 0. The first-order valence-corrected chi connectivity index (χ1v) is 5.59. The Morgan fingerprint density at radius 1 is 1.12 bits per heavy atom. The molecule has 0 spiro atoms. The number of hydrogen-bond acceptors (Lipinski definition) is 4. The van der Waals surface area contributed by atoms with Crippen molar-refractivity contribution < 1.29 is 4.57 Å². The van der Waals surface area contributed by atoms with Crippen molar-refractivity contribution in [3.05, 3.63) is 36.7 Å². The van der Waals surface area contributed by atoms with E-state index in [1.807, 2.05) is 41.9 Å². The second-order valence-electron chi connectivity index (χ2n) is 3.51. The van der Waals surface area contributed by atoms with Crippen LogP contribution < -0.4 is 15.2 Å². The van der Waals surface area contributed by atoms with Crippen LogP contribution in [0.5, 0.6) is 0 Å². The minimum Gasteiger partial charge on any atom is -0.309 e. The van der Waals surface area contributed by atoms with Gasteiger partial charge in [0, 0.05) is 7.05 Å². The molecular weight excluding hydrogens is 214 g/mol. The van der Waals surface area contributed by atoms with Crippen molar-refractivity contribution in [2.75, 3.05) is 17.7 Å². The van der Waals surface area contributed by atoms with E-state index in [4.69, 9.17) is 0 Å². The lowest BCUT2D eigenvalue weighted by molar-refractivity contribution is -0.670. The number of rotatable bonds is 4. The fourth-order valence-electron chi connectivity index (χ4n) is 1.63. The molecule has 88 valence electrons. The molecule has 0 saturated heterocycles. The number of anilines is 3. The Morgan fingerprint density at radius 3 is 2.47 bits per heavy atom. The van der Waals surface area contributed by atoms with Crippen LogP contribution in [0, 0.1) is 0 Å². The van der Waals surface area contributed by atoms with E-state index in [0.717, 1.165) is 24.1 Å². The first-order valence-electron chi connectivity index (χ1n) is 5.59. The van der Waals surface area contributed by atoms with E-state index in [0.29, 0.717) is 0 Å². The van der Waals surface area contributed by atoms with Gasteiger partial charge in [0.2, 0.25) is 6.33 Å². The molecule has 0 atom stereocenters. The molecule has 0 aliphatic carbocycles. The highest BCUT2D eigenvalue weighted by molar-refractivity contribution is 5.50. The third-order valence-electron chi connectivity index (χ3n) is 2.44. The van der Waals surface area contributed by atoms with Crippen molar-refractivity contribution in [3.8, 4) is 0 Å². The van der Waals surface area contributed by atoms with E-state index in [1.54, 1.807) is 6.33 Å². The second kappa shape index (κ2) is 5.25. The van der Waals surface area contributed by atoms with Crippen molar-refractivity contribution >= 4 is 17.6 Å². The molecule has 0 bridgehead atoms. The molecule has 0 aliphatic rings. The predicted octanol–water partition coefficient (Wildman–Crippen LogP) is 1.57. The molecule has 1 aromatic heterocycles. The third-order valence-corrected chi connectivity index (χ3v) is 2.44. The van der Waals surface area contributed by atoms with Crippen molar-refractivity contribution in [1.29, 1.82) is 0 Å². The van der Waals surface area contributed by atoms with Crippen molar-refractivity contribution in [2.45, 2.75) is 13.5 Å². The lowest BCUT2D eigenvalue weighted by atomic mass is 10.3. The average molecular weight is 230 g/mol. The van der Waals surface area contributed by atoms with E-state index in [1.165, 1.54) is 0 Å². The van der Waals surface area contributed by atoms with Gasteiger partial charge in [-0.1, -0.05) is 18.2 Å². The molecule has 0 unspecified atom stereocenters. The first kappa shape index (κ1) is 11.3. The van der Waals surface area contributed by atoms with Crippen LogP contribution in [0.2, 0.25) is 0 Å². The Labute approximate surface area is 101 Å². The van der Waals surface area contributed by atoms with Crippen LogP contribution in [0.3, 0.4) is 0 Å². The molecule has 5 nitrogen and oxygen atoms in total. The summed E-state index contributed by atoms with van der Waals surface area (Å²) < 4.78 is 1.98. The molecule has 0 saturated carbocycles. The van der Waals surface area contributed by atoms with E-state index in [9.17, 15) is 0 Å². The molecule has 5 heteroatoms. The maximum atomic E-state index is 4.25. The van der Waals surface area contributed by atoms with E-state index < -0.39 is 0 Å². The zero-order valence-corrected chi connectivity index (χ0v) is 10.0. The Morgan fingerprint density at radius 2 is 1.82 bits per heavy atom. The maximum absolute atomic E-state index is 4.25.